The number of para-hydroxylation sites is 1. The SMILES string of the molecule is Cc1nsc(Oc2ccccc2CN)n1. The van der Waals surface area contributed by atoms with Crippen LogP contribution in [0.4, 0.5) is 0 Å². The highest BCUT2D eigenvalue weighted by Gasteiger charge is 2.06. The van der Waals surface area contributed by atoms with E-state index < -0.39 is 0 Å². The van der Waals surface area contributed by atoms with E-state index in [4.69, 9.17) is 10.5 Å². The quantitative estimate of drug-likeness (QED) is 0.862. The summed E-state index contributed by atoms with van der Waals surface area (Å²) >= 11 is 1.24. The van der Waals surface area contributed by atoms with E-state index in [1.165, 1.54) is 11.5 Å². The van der Waals surface area contributed by atoms with Crippen LogP contribution in [0, 0.1) is 6.92 Å². The molecule has 0 aliphatic rings. The van der Waals surface area contributed by atoms with Gasteiger partial charge in [0.2, 0.25) is 0 Å². The Morgan fingerprint density at radius 1 is 1.40 bits per heavy atom. The number of benzene rings is 1. The van der Waals surface area contributed by atoms with Gasteiger partial charge < -0.3 is 10.5 Å². The first-order chi connectivity index (χ1) is 7.29. The van der Waals surface area contributed by atoms with Gasteiger partial charge in [-0.15, -0.1) is 0 Å². The third-order valence-electron chi connectivity index (χ3n) is 1.90. The number of aryl methyl sites for hydroxylation is 1. The fraction of sp³-hybridized carbons (Fsp3) is 0.200. The van der Waals surface area contributed by atoms with Crippen molar-refractivity contribution < 1.29 is 4.74 Å². The van der Waals surface area contributed by atoms with Gasteiger partial charge in [-0.1, -0.05) is 18.2 Å². The molecule has 0 fully saturated rings. The van der Waals surface area contributed by atoms with Crippen LogP contribution in [0.5, 0.6) is 10.9 Å². The third-order valence-corrected chi connectivity index (χ3v) is 2.59. The van der Waals surface area contributed by atoms with Crippen molar-refractivity contribution in [3.8, 4) is 10.9 Å². The monoisotopic (exact) mass is 221 g/mol. The maximum absolute atomic E-state index is 5.60. The topological polar surface area (TPSA) is 61.0 Å². The fourth-order valence-electron chi connectivity index (χ4n) is 1.19. The Balaban J connectivity index is 2.23. The van der Waals surface area contributed by atoms with E-state index in [9.17, 15) is 0 Å². The summed E-state index contributed by atoms with van der Waals surface area (Å²) in [6, 6.07) is 7.64. The molecule has 0 aliphatic carbocycles. The molecule has 2 N–H and O–H groups in total. The van der Waals surface area contributed by atoms with E-state index in [1.807, 2.05) is 31.2 Å². The first kappa shape index (κ1) is 10.1. The summed E-state index contributed by atoms with van der Waals surface area (Å²) in [5.74, 6) is 1.47. The number of hydrogen-bond acceptors (Lipinski definition) is 5. The van der Waals surface area contributed by atoms with E-state index in [1.54, 1.807) is 0 Å². The minimum Gasteiger partial charge on any atom is -0.430 e. The summed E-state index contributed by atoms with van der Waals surface area (Å²) in [6.45, 7) is 2.28. The second-order valence-electron chi connectivity index (χ2n) is 3.02. The van der Waals surface area contributed by atoms with Crippen molar-refractivity contribution in [3.05, 3.63) is 35.7 Å². The van der Waals surface area contributed by atoms with Crippen molar-refractivity contribution >= 4 is 11.5 Å². The molecule has 15 heavy (non-hydrogen) atoms. The van der Waals surface area contributed by atoms with Crippen molar-refractivity contribution in [2.45, 2.75) is 13.5 Å². The molecule has 1 heterocycles. The van der Waals surface area contributed by atoms with E-state index in [-0.39, 0.29) is 0 Å². The van der Waals surface area contributed by atoms with Gasteiger partial charge in [-0.05, 0) is 13.0 Å². The molecule has 0 bridgehead atoms. The van der Waals surface area contributed by atoms with Gasteiger partial charge in [0.05, 0.1) is 0 Å². The molecule has 0 amide bonds. The number of rotatable bonds is 3. The first-order valence-corrected chi connectivity index (χ1v) is 5.33. The van der Waals surface area contributed by atoms with Crippen LogP contribution in [0.15, 0.2) is 24.3 Å². The number of nitrogens with zero attached hydrogens (tertiary/aromatic N) is 2. The molecule has 0 saturated heterocycles. The van der Waals surface area contributed by atoms with Gasteiger partial charge >= 0.3 is 0 Å². The van der Waals surface area contributed by atoms with Crippen molar-refractivity contribution in [1.82, 2.24) is 9.36 Å². The minimum atomic E-state index is 0.452. The summed E-state index contributed by atoms with van der Waals surface area (Å²) in [7, 11) is 0. The Morgan fingerprint density at radius 2 is 2.20 bits per heavy atom. The van der Waals surface area contributed by atoms with Crippen LogP contribution in [-0.2, 0) is 6.54 Å². The molecule has 4 nitrogen and oxygen atoms in total. The molecule has 0 unspecified atom stereocenters. The van der Waals surface area contributed by atoms with Crippen molar-refractivity contribution in [3.63, 3.8) is 0 Å². The zero-order valence-electron chi connectivity index (χ0n) is 8.30. The average molecular weight is 221 g/mol. The van der Waals surface area contributed by atoms with Crippen LogP contribution in [0.2, 0.25) is 0 Å². The highest BCUT2D eigenvalue weighted by atomic mass is 32.1. The van der Waals surface area contributed by atoms with E-state index in [2.05, 4.69) is 9.36 Å². The molecule has 0 spiro atoms. The summed E-state index contributed by atoms with van der Waals surface area (Å²) in [5, 5.41) is 0.549. The lowest BCUT2D eigenvalue weighted by atomic mass is 10.2. The standard InChI is InChI=1S/C10H11N3OS/c1-7-12-10(15-13-7)14-9-5-3-2-4-8(9)6-11/h2-5H,6,11H2,1H3. The van der Waals surface area contributed by atoms with Crippen LogP contribution in [0.3, 0.4) is 0 Å². The van der Waals surface area contributed by atoms with Gasteiger partial charge in [-0.2, -0.15) is 9.36 Å². The molecule has 5 heteroatoms. The zero-order chi connectivity index (χ0) is 10.7. The van der Waals surface area contributed by atoms with Crippen LogP contribution in [0.25, 0.3) is 0 Å². The second kappa shape index (κ2) is 4.37. The van der Waals surface area contributed by atoms with Crippen LogP contribution >= 0.6 is 11.5 Å². The Labute approximate surface area is 91.9 Å². The largest absolute Gasteiger partial charge is 0.430 e. The predicted molar refractivity (Wildman–Crippen MR) is 59.1 cm³/mol. The lowest BCUT2D eigenvalue weighted by molar-refractivity contribution is 0.472. The van der Waals surface area contributed by atoms with E-state index in [0.717, 1.165) is 17.1 Å². The second-order valence-corrected chi connectivity index (χ2v) is 3.74. The lowest BCUT2D eigenvalue weighted by Gasteiger charge is -2.05. The predicted octanol–water partition coefficient (Wildman–Crippen LogP) is 2.10. The van der Waals surface area contributed by atoms with Crippen molar-refractivity contribution in [2.75, 3.05) is 0 Å². The zero-order valence-corrected chi connectivity index (χ0v) is 9.12. The number of nitrogens with two attached hydrogens (primary N) is 1. The van der Waals surface area contributed by atoms with Gasteiger partial charge in [-0.25, -0.2) is 0 Å². The fourth-order valence-corrected chi connectivity index (χ4v) is 1.74. The molecule has 2 aromatic rings. The highest BCUT2D eigenvalue weighted by Crippen LogP contribution is 2.25. The van der Waals surface area contributed by atoms with Crippen LogP contribution in [0.1, 0.15) is 11.4 Å². The lowest BCUT2D eigenvalue weighted by Crippen LogP contribution is -1.98. The Kier molecular flexibility index (Phi) is 2.94. The summed E-state index contributed by atoms with van der Waals surface area (Å²) in [4.78, 5) is 4.13. The molecule has 1 aromatic heterocycles. The smallest absolute Gasteiger partial charge is 0.298 e. The molecule has 0 radical (unpaired) electrons. The minimum absolute atomic E-state index is 0.452. The molecular weight excluding hydrogens is 210 g/mol. The van der Waals surface area contributed by atoms with Crippen molar-refractivity contribution in [1.29, 1.82) is 0 Å². The molecule has 78 valence electrons. The maximum atomic E-state index is 5.60. The van der Waals surface area contributed by atoms with Gasteiger partial charge in [0.1, 0.15) is 11.6 Å². The average Bonchev–Trinajstić information content (AvgIpc) is 2.65. The van der Waals surface area contributed by atoms with Gasteiger partial charge in [0, 0.05) is 23.6 Å². The maximum Gasteiger partial charge on any atom is 0.298 e. The van der Waals surface area contributed by atoms with Crippen molar-refractivity contribution in [2.24, 2.45) is 5.73 Å². The van der Waals surface area contributed by atoms with Gasteiger partial charge in [-0.3, -0.25) is 0 Å². The number of ether oxygens (including phenoxy) is 1. The molecule has 0 atom stereocenters. The summed E-state index contributed by atoms with van der Waals surface area (Å²) < 4.78 is 9.63. The highest BCUT2D eigenvalue weighted by molar-refractivity contribution is 7.07. The molecule has 0 saturated carbocycles. The number of aromatic nitrogens is 2. The van der Waals surface area contributed by atoms with E-state index in [0.29, 0.717) is 11.7 Å². The molecule has 1 aromatic carbocycles. The normalized spacial score (nSPS) is 10.3. The van der Waals surface area contributed by atoms with Gasteiger partial charge in [0.25, 0.3) is 5.19 Å². The third kappa shape index (κ3) is 2.31. The summed E-state index contributed by atoms with van der Waals surface area (Å²) in [5.41, 5.74) is 6.56. The van der Waals surface area contributed by atoms with E-state index >= 15 is 0 Å². The Morgan fingerprint density at radius 3 is 2.87 bits per heavy atom. The first-order valence-electron chi connectivity index (χ1n) is 4.55. The Hall–Kier alpha value is -1.46. The van der Waals surface area contributed by atoms with Crippen LogP contribution in [-0.4, -0.2) is 9.36 Å². The summed E-state index contributed by atoms with van der Waals surface area (Å²) in [6.07, 6.45) is 0. The van der Waals surface area contributed by atoms with Crippen LogP contribution < -0.4 is 10.5 Å². The molecular formula is C10H11N3OS. The molecule has 0 aliphatic heterocycles. The number of hydrogen-bond donors (Lipinski definition) is 1. The van der Waals surface area contributed by atoms with Gasteiger partial charge in [0.15, 0.2) is 0 Å². The molecule has 2 rings (SSSR count). The Bertz CT molecular complexity index is 455.